The van der Waals surface area contributed by atoms with Crippen molar-refractivity contribution in [1.29, 1.82) is 0 Å². The molecule has 1 aliphatic heterocycles. The van der Waals surface area contributed by atoms with Crippen molar-refractivity contribution in [3.05, 3.63) is 18.3 Å². The van der Waals surface area contributed by atoms with Gasteiger partial charge in [-0.2, -0.15) is 0 Å². The fraction of sp³-hybridized carbons (Fsp3) is 0.625. The van der Waals surface area contributed by atoms with Gasteiger partial charge in [0.15, 0.2) is 5.17 Å². The highest BCUT2D eigenvalue weighted by Gasteiger charge is 2.39. The van der Waals surface area contributed by atoms with E-state index in [1.54, 1.807) is 0 Å². The molecule has 1 aromatic rings. The Morgan fingerprint density at radius 2 is 2.38 bits per heavy atom. The molecule has 1 aliphatic carbocycles. The maximum Gasteiger partial charge on any atom is 0.213 e. The van der Waals surface area contributed by atoms with E-state index in [9.17, 15) is 0 Å². The van der Waals surface area contributed by atoms with E-state index in [0.29, 0.717) is 12.5 Å². The number of anilines is 1. The van der Waals surface area contributed by atoms with Crippen LogP contribution in [0.25, 0.3) is 0 Å². The topological polar surface area (TPSA) is 46.5 Å². The van der Waals surface area contributed by atoms with Crippen LogP contribution < -0.4 is 10.1 Å². The standard InChI is InChI=1S/C16H23N3OS/c1-3-20-14-7-6-13(10-17-14)18-15-19-16(11-21-15)8-4-5-12(2)9-16/h6-7,10,12H,3-5,8-9,11H2,1-2H3,(H,18,19). The Balaban J connectivity index is 1.65. The van der Waals surface area contributed by atoms with Gasteiger partial charge >= 0.3 is 0 Å². The summed E-state index contributed by atoms with van der Waals surface area (Å²) in [5, 5.41) is 4.43. The molecule has 3 rings (SSSR count). The first-order chi connectivity index (χ1) is 10.2. The summed E-state index contributed by atoms with van der Waals surface area (Å²) < 4.78 is 5.36. The van der Waals surface area contributed by atoms with Gasteiger partial charge in [0.05, 0.1) is 24.0 Å². The molecule has 0 aromatic carbocycles. The first-order valence-electron chi connectivity index (χ1n) is 7.78. The number of aliphatic imine (C=N–C) groups is 1. The van der Waals surface area contributed by atoms with Crippen LogP contribution in [-0.4, -0.2) is 28.1 Å². The normalized spacial score (nSPS) is 28.5. The molecule has 2 aliphatic rings. The number of hydrogen-bond donors (Lipinski definition) is 1. The van der Waals surface area contributed by atoms with Gasteiger partial charge in [-0.15, -0.1) is 0 Å². The van der Waals surface area contributed by atoms with Crippen LogP contribution >= 0.6 is 11.8 Å². The van der Waals surface area contributed by atoms with Crippen molar-refractivity contribution in [1.82, 2.24) is 4.98 Å². The van der Waals surface area contributed by atoms with Crippen molar-refractivity contribution in [2.24, 2.45) is 10.9 Å². The second-order valence-corrected chi connectivity index (χ2v) is 7.04. The number of nitrogens with zero attached hydrogens (tertiary/aromatic N) is 2. The van der Waals surface area contributed by atoms with Gasteiger partial charge in [-0.25, -0.2) is 4.98 Å². The third-order valence-electron chi connectivity index (χ3n) is 4.16. The second kappa shape index (κ2) is 6.26. The van der Waals surface area contributed by atoms with Gasteiger partial charge < -0.3 is 10.1 Å². The van der Waals surface area contributed by atoms with Crippen molar-refractivity contribution in [3.8, 4) is 5.88 Å². The summed E-state index contributed by atoms with van der Waals surface area (Å²) in [6, 6.07) is 3.89. The molecule has 0 radical (unpaired) electrons. The number of ether oxygens (including phenoxy) is 1. The summed E-state index contributed by atoms with van der Waals surface area (Å²) in [5.41, 5.74) is 1.16. The number of rotatable bonds is 3. The van der Waals surface area contributed by atoms with E-state index in [0.717, 1.165) is 22.5 Å². The zero-order chi connectivity index (χ0) is 14.7. The summed E-state index contributed by atoms with van der Waals surface area (Å²) in [7, 11) is 0. The highest BCUT2D eigenvalue weighted by Crippen LogP contribution is 2.42. The molecular weight excluding hydrogens is 282 g/mol. The Kier molecular flexibility index (Phi) is 4.38. The average molecular weight is 305 g/mol. The summed E-state index contributed by atoms with van der Waals surface area (Å²) in [5.74, 6) is 2.58. The maximum atomic E-state index is 5.36. The van der Waals surface area contributed by atoms with Gasteiger partial charge in [-0.1, -0.05) is 31.5 Å². The predicted octanol–water partition coefficient (Wildman–Crippen LogP) is 3.94. The molecule has 2 atom stereocenters. The highest BCUT2D eigenvalue weighted by molar-refractivity contribution is 8.14. The van der Waals surface area contributed by atoms with Crippen LogP contribution in [0.2, 0.25) is 0 Å². The van der Waals surface area contributed by atoms with Crippen LogP contribution in [0.1, 0.15) is 39.5 Å². The van der Waals surface area contributed by atoms with E-state index in [2.05, 4.69) is 17.2 Å². The van der Waals surface area contributed by atoms with Crippen LogP contribution in [0, 0.1) is 5.92 Å². The van der Waals surface area contributed by atoms with Crippen LogP contribution in [-0.2, 0) is 0 Å². The smallest absolute Gasteiger partial charge is 0.213 e. The Bertz CT molecular complexity index is 517. The number of amidine groups is 1. The lowest BCUT2D eigenvalue weighted by atomic mass is 9.78. The Morgan fingerprint density at radius 1 is 1.48 bits per heavy atom. The number of aromatic nitrogens is 1. The average Bonchev–Trinajstić information content (AvgIpc) is 2.83. The zero-order valence-corrected chi connectivity index (χ0v) is 13.6. The molecule has 21 heavy (non-hydrogen) atoms. The molecule has 1 saturated carbocycles. The molecule has 1 fully saturated rings. The monoisotopic (exact) mass is 305 g/mol. The Hall–Kier alpha value is -1.23. The molecule has 2 heterocycles. The predicted molar refractivity (Wildman–Crippen MR) is 89.3 cm³/mol. The van der Waals surface area contributed by atoms with E-state index in [4.69, 9.17) is 9.73 Å². The number of hydrogen-bond acceptors (Lipinski definition) is 5. The number of pyridine rings is 1. The lowest BCUT2D eigenvalue weighted by molar-refractivity contribution is 0.266. The molecular formula is C16H23N3OS. The van der Waals surface area contributed by atoms with E-state index in [1.165, 1.54) is 25.7 Å². The molecule has 4 nitrogen and oxygen atoms in total. The minimum atomic E-state index is 0.184. The zero-order valence-electron chi connectivity index (χ0n) is 12.8. The molecule has 5 heteroatoms. The van der Waals surface area contributed by atoms with Gasteiger partial charge in [0.1, 0.15) is 0 Å². The van der Waals surface area contributed by atoms with Crippen molar-refractivity contribution in [3.63, 3.8) is 0 Å². The first kappa shape index (κ1) is 14.7. The molecule has 2 unspecified atom stereocenters. The van der Waals surface area contributed by atoms with Crippen LogP contribution in [0.3, 0.4) is 0 Å². The maximum absolute atomic E-state index is 5.36. The molecule has 1 spiro atoms. The van der Waals surface area contributed by atoms with Crippen LogP contribution in [0.4, 0.5) is 5.69 Å². The van der Waals surface area contributed by atoms with Gasteiger partial charge in [-0.3, -0.25) is 4.99 Å². The molecule has 1 aromatic heterocycles. The van der Waals surface area contributed by atoms with Gasteiger partial charge in [0, 0.05) is 11.8 Å². The van der Waals surface area contributed by atoms with E-state index in [1.807, 2.05) is 37.0 Å². The van der Waals surface area contributed by atoms with Gasteiger partial charge in [0.2, 0.25) is 5.88 Å². The van der Waals surface area contributed by atoms with Crippen molar-refractivity contribution in [2.75, 3.05) is 17.7 Å². The van der Waals surface area contributed by atoms with Crippen molar-refractivity contribution in [2.45, 2.75) is 45.1 Å². The van der Waals surface area contributed by atoms with Crippen LogP contribution in [0.15, 0.2) is 23.3 Å². The molecule has 114 valence electrons. The fourth-order valence-corrected chi connectivity index (χ4v) is 4.40. The minimum absolute atomic E-state index is 0.184. The van der Waals surface area contributed by atoms with E-state index >= 15 is 0 Å². The summed E-state index contributed by atoms with van der Waals surface area (Å²) in [6.45, 7) is 4.95. The second-order valence-electron chi connectivity index (χ2n) is 6.07. The Labute approximate surface area is 130 Å². The molecule has 0 amide bonds. The summed E-state index contributed by atoms with van der Waals surface area (Å²) >= 11 is 1.84. The first-order valence-corrected chi connectivity index (χ1v) is 8.76. The number of nitrogens with one attached hydrogen (secondary N) is 1. The largest absolute Gasteiger partial charge is 0.478 e. The Morgan fingerprint density at radius 3 is 3.10 bits per heavy atom. The fourth-order valence-electron chi connectivity index (χ4n) is 3.22. The van der Waals surface area contributed by atoms with Gasteiger partial charge in [-0.05, 0) is 31.7 Å². The summed E-state index contributed by atoms with van der Waals surface area (Å²) in [4.78, 5) is 9.27. The summed E-state index contributed by atoms with van der Waals surface area (Å²) in [6.07, 6.45) is 6.93. The lowest BCUT2D eigenvalue weighted by Crippen LogP contribution is -2.33. The molecule has 1 N–H and O–H groups in total. The quantitative estimate of drug-likeness (QED) is 0.918. The van der Waals surface area contributed by atoms with Crippen molar-refractivity contribution < 1.29 is 4.74 Å². The molecule has 0 bridgehead atoms. The number of thioether (sulfide) groups is 1. The SMILES string of the molecule is CCOc1ccc(NC2=NC3(CCCC(C)C3)CS2)cn1. The van der Waals surface area contributed by atoms with Crippen LogP contribution in [0.5, 0.6) is 5.88 Å². The molecule has 0 saturated heterocycles. The van der Waals surface area contributed by atoms with E-state index < -0.39 is 0 Å². The minimum Gasteiger partial charge on any atom is -0.478 e. The van der Waals surface area contributed by atoms with Crippen molar-refractivity contribution >= 4 is 22.6 Å². The van der Waals surface area contributed by atoms with E-state index in [-0.39, 0.29) is 5.54 Å². The highest BCUT2D eigenvalue weighted by atomic mass is 32.2. The third-order valence-corrected chi connectivity index (χ3v) is 5.31. The third kappa shape index (κ3) is 3.51. The lowest BCUT2D eigenvalue weighted by Gasteiger charge is -2.33. The van der Waals surface area contributed by atoms with Gasteiger partial charge in [0.25, 0.3) is 0 Å².